The summed E-state index contributed by atoms with van der Waals surface area (Å²) in [6, 6.07) is 0. The lowest BCUT2D eigenvalue weighted by Crippen LogP contribution is -1.94. The maximum Gasteiger partial charge on any atom is 0.466 e. The lowest BCUT2D eigenvalue weighted by atomic mass is 10.6. The van der Waals surface area contributed by atoms with Gasteiger partial charge in [-0.25, -0.2) is 23.7 Å². The van der Waals surface area contributed by atoms with Crippen molar-refractivity contribution in [3.63, 3.8) is 0 Å². The summed E-state index contributed by atoms with van der Waals surface area (Å²) in [5.41, 5.74) is 6.75. The van der Waals surface area contributed by atoms with Crippen LogP contribution in [0.15, 0.2) is 6.33 Å². The Bertz CT molecular complexity index is 806. The predicted molar refractivity (Wildman–Crippen MR) is 86.3 cm³/mol. The molecule has 0 spiro atoms. The standard InChI is InChI=1S/C5H5N5S.3H3O4P/c6-5-9-3-2(4(11)10-5)7-1-8-3;3*1-5(2,3)4/h1H,(H4,6,7,8,9,10,11);3*(H3,1,2,3,4). The maximum absolute atomic E-state index is 8.88. The van der Waals surface area contributed by atoms with E-state index in [1.54, 1.807) is 0 Å². The van der Waals surface area contributed by atoms with Crippen LogP contribution >= 0.6 is 35.7 Å². The first-order valence-electron chi connectivity index (χ1n) is 5.31. The van der Waals surface area contributed by atoms with Gasteiger partial charge in [0.1, 0.15) is 5.52 Å². The van der Waals surface area contributed by atoms with E-state index in [9.17, 15) is 0 Å². The van der Waals surface area contributed by atoms with Crippen LogP contribution in [0.25, 0.3) is 11.2 Å². The molecule has 0 saturated carbocycles. The molecule has 0 amide bonds. The molecule has 0 aliphatic carbocycles. The number of fused-ring (bicyclic) bond motifs is 1. The minimum atomic E-state index is -4.64. The quantitative estimate of drug-likeness (QED) is 0.146. The molecular weight excluding hydrogens is 447 g/mol. The fourth-order valence-electron chi connectivity index (χ4n) is 0.867. The number of phosphoric acid groups is 3. The summed E-state index contributed by atoms with van der Waals surface area (Å²) in [7, 11) is -13.9. The summed E-state index contributed by atoms with van der Waals surface area (Å²) < 4.78 is 27.1. The van der Waals surface area contributed by atoms with Gasteiger partial charge in [-0.05, 0) is 0 Å². The van der Waals surface area contributed by atoms with E-state index in [0.29, 0.717) is 15.8 Å². The molecule has 152 valence electrons. The van der Waals surface area contributed by atoms with Crippen LogP contribution in [0.3, 0.4) is 0 Å². The zero-order chi connectivity index (χ0) is 21.3. The number of nitrogens with two attached hydrogens (primary N) is 1. The summed E-state index contributed by atoms with van der Waals surface area (Å²) in [5.74, 6) is 0.287. The van der Waals surface area contributed by atoms with Crippen LogP contribution in [0, 0.1) is 4.64 Å². The topological polar surface area (TPSA) is 317 Å². The number of anilines is 1. The third-order valence-electron chi connectivity index (χ3n) is 1.32. The molecule has 2 aromatic rings. The van der Waals surface area contributed by atoms with Crippen molar-refractivity contribution in [2.24, 2.45) is 0 Å². The van der Waals surface area contributed by atoms with Gasteiger partial charge in [0.2, 0.25) is 5.95 Å². The number of hydrogen-bond donors (Lipinski definition) is 12. The minimum absolute atomic E-state index is 0.287. The van der Waals surface area contributed by atoms with Gasteiger partial charge in [0.15, 0.2) is 10.3 Å². The summed E-state index contributed by atoms with van der Waals surface area (Å²) in [5, 5.41) is 0. The van der Waals surface area contributed by atoms with Gasteiger partial charge in [-0.3, -0.25) is 0 Å². The van der Waals surface area contributed by atoms with Crippen molar-refractivity contribution >= 4 is 52.8 Å². The molecule has 17 nitrogen and oxygen atoms in total. The molecule has 0 bridgehead atoms. The van der Waals surface area contributed by atoms with Crippen molar-refractivity contribution < 1.29 is 57.7 Å². The number of nitrogens with zero attached hydrogens (tertiary/aromatic N) is 2. The molecule has 2 aromatic heterocycles. The van der Waals surface area contributed by atoms with Crippen molar-refractivity contribution in [1.82, 2.24) is 19.9 Å². The maximum atomic E-state index is 8.88. The Hall–Kier alpha value is -1.10. The lowest BCUT2D eigenvalue weighted by molar-refractivity contribution is 0.272. The highest BCUT2D eigenvalue weighted by Gasteiger charge is 2.01. The number of nitrogen functional groups attached to an aromatic ring is 1. The highest BCUT2D eigenvalue weighted by Crippen LogP contribution is 2.26. The Morgan fingerprint density at radius 1 is 0.885 bits per heavy atom. The van der Waals surface area contributed by atoms with E-state index in [4.69, 9.17) is 75.7 Å². The fraction of sp³-hybridized carbons (Fsp3) is 0. The van der Waals surface area contributed by atoms with Crippen LogP contribution in [0.4, 0.5) is 5.95 Å². The van der Waals surface area contributed by atoms with E-state index < -0.39 is 23.5 Å². The Morgan fingerprint density at radius 2 is 1.23 bits per heavy atom. The normalized spacial score (nSPS) is 11.3. The summed E-state index contributed by atoms with van der Waals surface area (Å²) in [6.45, 7) is 0. The van der Waals surface area contributed by atoms with E-state index in [1.807, 2.05) is 0 Å². The summed E-state index contributed by atoms with van der Waals surface area (Å²) in [4.78, 5) is 78.1. The van der Waals surface area contributed by atoms with Gasteiger partial charge >= 0.3 is 23.5 Å². The predicted octanol–water partition coefficient (Wildman–Crippen LogP) is -2.19. The second-order valence-electron chi connectivity index (χ2n) is 3.59. The van der Waals surface area contributed by atoms with Crippen LogP contribution in [-0.2, 0) is 13.7 Å². The van der Waals surface area contributed by atoms with E-state index in [-0.39, 0.29) is 5.95 Å². The van der Waals surface area contributed by atoms with Crippen molar-refractivity contribution in [3.05, 3.63) is 11.0 Å². The molecule has 0 unspecified atom stereocenters. The highest BCUT2D eigenvalue weighted by molar-refractivity contribution is 7.71. The third-order valence-corrected chi connectivity index (χ3v) is 1.62. The van der Waals surface area contributed by atoms with Crippen LogP contribution in [0.1, 0.15) is 0 Å². The van der Waals surface area contributed by atoms with Gasteiger partial charge in [0, 0.05) is 0 Å². The first kappa shape index (κ1) is 27.1. The number of aromatic nitrogens is 4. The van der Waals surface area contributed by atoms with Crippen molar-refractivity contribution in [3.8, 4) is 0 Å². The molecule has 0 saturated heterocycles. The molecular formula is C5H14N5O12P3S. The van der Waals surface area contributed by atoms with Crippen LogP contribution in [0.2, 0.25) is 0 Å². The van der Waals surface area contributed by atoms with Crippen molar-refractivity contribution in [1.29, 1.82) is 0 Å². The van der Waals surface area contributed by atoms with Crippen LogP contribution in [-0.4, -0.2) is 64.0 Å². The zero-order valence-electron chi connectivity index (χ0n) is 12.0. The molecule has 0 aliphatic heterocycles. The largest absolute Gasteiger partial charge is 0.466 e. The number of H-pyrrole nitrogens is 2. The number of nitrogens with one attached hydrogen (secondary N) is 2. The van der Waals surface area contributed by atoms with E-state index >= 15 is 0 Å². The highest BCUT2D eigenvalue weighted by atomic mass is 32.1. The van der Waals surface area contributed by atoms with Crippen LogP contribution in [0.5, 0.6) is 0 Å². The molecule has 21 heteroatoms. The Kier molecular flexibility index (Phi) is 11.4. The van der Waals surface area contributed by atoms with Gasteiger partial charge in [0.25, 0.3) is 0 Å². The number of imidazole rings is 1. The second-order valence-corrected chi connectivity index (χ2v) is 7.06. The number of aromatic amines is 2. The molecule has 2 rings (SSSR count). The monoisotopic (exact) mass is 461 g/mol. The molecule has 0 radical (unpaired) electrons. The lowest BCUT2D eigenvalue weighted by Gasteiger charge is -1.91. The molecule has 0 aliphatic rings. The van der Waals surface area contributed by atoms with Gasteiger partial charge in [-0.2, -0.15) is 0 Å². The molecule has 0 aromatic carbocycles. The van der Waals surface area contributed by atoms with Gasteiger partial charge in [-0.15, -0.1) is 0 Å². The smallest absolute Gasteiger partial charge is 0.369 e. The number of rotatable bonds is 0. The van der Waals surface area contributed by atoms with Crippen LogP contribution < -0.4 is 5.73 Å². The molecule has 2 heterocycles. The first-order valence-corrected chi connectivity index (χ1v) is 10.4. The van der Waals surface area contributed by atoms with Crippen molar-refractivity contribution in [2.75, 3.05) is 5.73 Å². The van der Waals surface area contributed by atoms with Crippen molar-refractivity contribution in [2.45, 2.75) is 0 Å². The molecule has 0 atom stereocenters. The van der Waals surface area contributed by atoms with E-state index in [2.05, 4.69) is 19.9 Å². The Balaban J connectivity index is 0. The second kappa shape index (κ2) is 10.9. The zero-order valence-corrected chi connectivity index (χ0v) is 15.5. The van der Waals surface area contributed by atoms with E-state index in [1.165, 1.54) is 6.33 Å². The molecule has 26 heavy (non-hydrogen) atoms. The molecule has 0 fully saturated rings. The van der Waals surface area contributed by atoms with Gasteiger partial charge in [0.05, 0.1) is 6.33 Å². The average Bonchev–Trinajstić information content (AvgIpc) is 2.69. The number of hydrogen-bond acceptors (Lipinski definition) is 7. The van der Waals surface area contributed by atoms with Gasteiger partial charge < -0.3 is 59.7 Å². The first-order chi connectivity index (χ1) is 11.3. The minimum Gasteiger partial charge on any atom is -0.369 e. The SMILES string of the molecule is Nc1nc(=S)c2[nH]cnc2[nH]1.O=P(O)(O)O.O=P(O)(O)O.O=P(O)(O)O. The Labute approximate surface area is 147 Å². The summed E-state index contributed by atoms with van der Waals surface area (Å²) >= 11 is 4.91. The average molecular weight is 461 g/mol. The Morgan fingerprint density at radius 3 is 1.58 bits per heavy atom. The van der Waals surface area contributed by atoms with E-state index in [0.717, 1.165) is 0 Å². The van der Waals surface area contributed by atoms with Gasteiger partial charge in [-0.1, -0.05) is 12.2 Å². The fourth-order valence-corrected chi connectivity index (χ4v) is 1.12. The third kappa shape index (κ3) is 25.1. The summed E-state index contributed by atoms with van der Waals surface area (Å²) in [6.07, 6.45) is 1.54. The molecule has 13 N–H and O–H groups in total.